The Balaban J connectivity index is 1.65. The number of carbonyl (C=O) groups is 1. The fraction of sp³-hybridized carbons (Fsp3) is 0.176. The summed E-state index contributed by atoms with van der Waals surface area (Å²) in [4.78, 5) is 12.2. The minimum Gasteiger partial charge on any atom is -0.495 e. The van der Waals surface area contributed by atoms with E-state index in [2.05, 4.69) is 20.8 Å². The van der Waals surface area contributed by atoms with Crippen molar-refractivity contribution in [2.24, 2.45) is 0 Å². The minimum atomic E-state index is -0.321. The molecule has 1 heterocycles. The van der Waals surface area contributed by atoms with Gasteiger partial charge in [-0.1, -0.05) is 17.7 Å². The number of nitrogens with one attached hydrogen (secondary N) is 1. The smallest absolute Gasteiger partial charge is 0.262 e. The molecule has 134 valence electrons. The van der Waals surface area contributed by atoms with E-state index in [4.69, 9.17) is 21.1 Å². The van der Waals surface area contributed by atoms with Gasteiger partial charge in [-0.2, -0.15) is 0 Å². The lowest BCUT2D eigenvalue weighted by atomic mass is 10.2. The van der Waals surface area contributed by atoms with Crippen LogP contribution in [0, 0.1) is 6.92 Å². The van der Waals surface area contributed by atoms with Gasteiger partial charge in [-0.05, 0) is 41.1 Å². The standard InChI is InChI=1S/C17H16ClN5O3/c1-11-6-15(16(25-2)8-14(11)18)20-17(24)9-26-13-5-3-4-12(7-13)23-10-19-21-22-23/h3-8,10H,9H2,1-2H3,(H,20,24). The van der Waals surface area contributed by atoms with Crippen molar-refractivity contribution in [3.8, 4) is 17.2 Å². The summed E-state index contributed by atoms with van der Waals surface area (Å²) in [6.45, 7) is 1.68. The van der Waals surface area contributed by atoms with Crippen molar-refractivity contribution in [3.05, 3.63) is 53.3 Å². The van der Waals surface area contributed by atoms with E-state index in [0.29, 0.717) is 22.2 Å². The molecule has 2 aromatic carbocycles. The number of hydrogen-bond acceptors (Lipinski definition) is 6. The van der Waals surface area contributed by atoms with Crippen LogP contribution in [0.15, 0.2) is 42.7 Å². The zero-order valence-electron chi connectivity index (χ0n) is 14.1. The fourth-order valence-corrected chi connectivity index (χ4v) is 2.41. The van der Waals surface area contributed by atoms with Crippen LogP contribution in [-0.2, 0) is 4.79 Å². The van der Waals surface area contributed by atoms with Crippen molar-refractivity contribution in [1.29, 1.82) is 0 Å². The minimum absolute atomic E-state index is 0.163. The molecule has 0 aliphatic heterocycles. The van der Waals surface area contributed by atoms with Crippen LogP contribution in [0.4, 0.5) is 5.69 Å². The maximum Gasteiger partial charge on any atom is 0.262 e. The first-order valence-electron chi connectivity index (χ1n) is 7.67. The Morgan fingerprint density at radius 3 is 2.88 bits per heavy atom. The van der Waals surface area contributed by atoms with Crippen LogP contribution in [0.1, 0.15) is 5.56 Å². The summed E-state index contributed by atoms with van der Waals surface area (Å²) in [5.41, 5.74) is 2.09. The molecule has 0 bridgehead atoms. The first-order chi connectivity index (χ1) is 12.6. The van der Waals surface area contributed by atoms with E-state index >= 15 is 0 Å². The van der Waals surface area contributed by atoms with E-state index in [1.54, 1.807) is 30.3 Å². The van der Waals surface area contributed by atoms with Crippen molar-refractivity contribution in [2.75, 3.05) is 19.0 Å². The van der Waals surface area contributed by atoms with Crippen LogP contribution in [-0.4, -0.2) is 39.8 Å². The molecule has 0 saturated heterocycles. The number of rotatable bonds is 6. The lowest BCUT2D eigenvalue weighted by Crippen LogP contribution is -2.20. The van der Waals surface area contributed by atoms with Crippen molar-refractivity contribution in [2.45, 2.75) is 6.92 Å². The number of benzene rings is 2. The van der Waals surface area contributed by atoms with Crippen molar-refractivity contribution in [1.82, 2.24) is 20.2 Å². The molecule has 3 rings (SSSR count). The Hall–Kier alpha value is -3.13. The summed E-state index contributed by atoms with van der Waals surface area (Å²) in [6, 6.07) is 10.5. The third-order valence-corrected chi connectivity index (χ3v) is 3.96. The molecule has 0 atom stereocenters. The van der Waals surface area contributed by atoms with Crippen molar-refractivity contribution >= 4 is 23.2 Å². The Kier molecular flexibility index (Phi) is 5.33. The Bertz CT molecular complexity index is 915. The molecule has 1 aromatic heterocycles. The maximum absolute atomic E-state index is 12.2. The summed E-state index contributed by atoms with van der Waals surface area (Å²) >= 11 is 6.07. The van der Waals surface area contributed by atoms with Crippen LogP contribution in [0.3, 0.4) is 0 Å². The lowest BCUT2D eigenvalue weighted by Gasteiger charge is -2.13. The van der Waals surface area contributed by atoms with Gasteiger partial charge in [0.25, 0.3) is 5.91 Å². The van der Waals surface area contributed by atoms with E-state index in [1.165, 1.54) is 18.1 Å². The van der Waals surface area contributed by atoms with Gasteiger partial charge in [-0.15, -0.1) is 5.10 Å². The number of hydrogen-bond donors (Lipinski definition) is 1. The molecular formula is C17H16ClN5O3. The largest absolute Gasteiger partial charge is 0.495 e. The quantitative estimate of drug-likeness (QED) is 0.714. The van der Waals surface area contributed by atoms with Gasteiger partial charge in [-0.25, -0.2) is 4.68 Å². The second-order valence-electron chi connectivity index (χ2n) is 5.39. The number of amides is 1. The number of halogens is 1. The summed E-state index contributed by atoms with van der Waals surface area (Å²) in [5, 5.41) is 14.3. The topological polar surface area (TPSA) is 91.2 Å². The number of anilines is 1. The monoisotopic (exact) mass is 373 g/mol. The number of nitrogens with zero attached hydrogens (tertiary/aromatic N) is 4. The fourth-order valence-electron chi connectivity index (χ4n) is 2.26. The van der Waals surface area contributed by atoms with Crippen molar-refractivity contribution < 1.29 is 14.3 Å². The first-order valence-corrected chi connectivity index (χ1v) is 8.05. The van der Waals surface area contributed by atoms with E-state index in [9.17, 15) is 4.79 Å². The second-order valence-corrected chi connectivity index (χ2v) is 5.80. The van der Waals surface area contributed by atoms with Crippen LogP contribution in [0.2, 0.25) is 5.02 Å². The molecule has 0 spiro atoms. The van der Waals surface area contributed by atoms with Gasteiger partial charge in [0.05, 0.1) is 18.5 Å². The predicted molar refractivity (Wildman–Crippen MR) is 96.0 cm³/mol. The number of aryl methyl sites for hydroxylation is 1. The molecule has 0 saturated carbocycles. The maximum atomic E-state index is 12.2. The van der Waals surface area contributed by atoms with Crippen molar-refractivity contribution in [3.63, 3.8) is 0 Å². The molecule has 0 unspecified atom stereocenters. The van der Waals surface area contributed by atoms with Gasteiger partial charge in [0.1, 0.15) is 17.8 Å². The summed E-state index contributed by atoms with van der Waals surface area (Å²) in [5.74, 6) is 0.680. The molecule has 9 heteroatoms. The highest BCUT2D eigenvalue weighted by molar-refractivity contribution is 6.31. The highest BCUT2D eigenvalue weighted by Crippen LogP contribution is 2.30. The summed E-state index contributed by atoms with van der Waals surface area (Å²) in [6.07, 6.45) is 1.47. The molecule has 0 aliphatic rings. The molecular weight excluding hydrogens is 358 g/mol. The second kappa shape index (κ2) is 7.83. The zero-order chi connectivity index (χ0) is 18.5. The number of carbonyl (C=O) groups excluding carboxylic acids is 1. The van der Waals surface area contributed by atoms with E-state index in [-0.39, 0.29) is 12.5 Å². The van der Waals surface area contributed by atoms with E-state index in [1.807, 2.05) is 13.0 Å². The van der Waals surface area contributed by atoms with Gasteiger partial charge in [0.2, 0.25) is 0 Å². The van der Waals surface area contributed by atoms with Gasteiger partial charge in [-0.3, -0.25) is 4.79 Å². The first kappa shape index (κ1) is 17.7. The Morgan fingerprint density at radius 2 is 2.15 bits per heavy atom. The van der Waals surface area contributed by atoms with Crippen LogP contribution < -0.4 is 14.8 Å². The van der Waals surface area contributed by atoms with Gasteiger partial charge in [0.15, 0.2) is 6.61 Å². The SMILES string of the molecule is COc1cc(Cl)c(C)cc1NC(=O)COc1cccc(-n2cnnn2)c1. The average Bonchev–Trinajstić information content (AvgIpc) is 3.18. The number of aromatic nitrogens is 4. The summed E-state index contributed by atoms with van der Waals surface area (Å²) < 4.78 is 12.3. The highest BCUT2D eigenvalue weighted by Gasteiger charge is 2.11. The predicted octanol–water partition coefficient (Wildman–Crippen LogP) is 2.65. The van der Waals surface area contributed by atoms with E-state index < -0.39 is 0 Å². The highest BCUT2D eigenvalue weighted by atomic mass is 35.5. The third kappa shape index (κ3) is 4.09. The van der Waals surface area contributed by atoms with Crippen LogP contribution in [0.5, 0.6) is 11.5 Å². The number of methoxy groups -OCH3 is 1. The molecule has 26 heavy (non-hydrogen) atoms. The Morgan fingerprint density at radius 1 is 1.31 bits per heavy atom. The molecule has 1 N–H and O–H groups in total. The number of ether oxygens (including phenoxy) is 2. The molecule has 0 radical (unpaired) electrons. The van der Waals surface area contributed by atoms with Gasteiger partial charge in [0, 0.05) is 17.2 Å². The van der Waals surface area contributed by atoms with Gasteiger partial charge >= 0.3 is 0 Å². The normalized spacial score (nSPS) is 10.4. The van der Waals surface area contributed by atoms with Crippen LogP contribution in [0.25, 0.3) is 5.69 Å². The number of tetrazole rings is 1. The lowest BCUT2D eigenvalue weighted by molar-refractivity contribution is -0.118. The molecule has 8 nitrogen and oxygen atoms in total. The van der Waals surface area contributed by atoms with E-state index in [0.717, 1.165) is 11.3 Å². The molecule has 1 amide bonds. The van der Waals surface area contributed by atoms with Gasteiger partial charge < -0.3 is 14.8 Å². The third-order valence-electron chi connectivity index (χ3n) is 3.56. The average molecular weight is 374 g/mol. The molecule has 0 fully saturated rings. The summed E-state index contributed by atoms with van der Waals surface area (Å²) in [7, 11) is 1.51. The Labute approximate surface area is 154 Å². The molecule has 3 aromatic rings. The molecule has 0 aliphatic carbocycles. The zero-order valence-corrected chi connectivity index (χ0v) is 14.9. The van der Waals surface area contributed by atoms with Crippen LogP contribution >= 0.6 is 11.6 Å².